The summed E-state index contributed by atoms with van der Waals surface area (Å²) >= 11 is 1.41. The first kappa shape index (κ1) is 19.0. The Morgan fingerprint density at radius 3 is 2.83 bits per heavy atom. The van der Waals surface area contributed by atoms with Crippen LogP contribution in [0.5, 0.6) is 0 Å². The Morgan fingerprint density at radius 2 is 2.00 bits per heavy atom. The molecule has 1 amide bonds. The molecule has 0 atom stereocenters. The average molecular weight is 406 g/mol. The lowest BCUT2D eigenvalue weighted by Crippen LogP contribution is -2.27. The number of rotatable bonds is 7. The maximum atomic E-state index is 13.4. The van der Waals surface area contributed by atoms with Gasteiger partial charge in [0.05, 0.1) is 24.0 Å². The van der Waals surface area contributed by atoms with Gasteiger partial charge in [0, 0.05) is 23.7 Å². The van der Waals surface area contributed by atoms with Gasteiger partial charge >= 0.3 is 0 Å². The second-order valence-electron chi connectivity index (χ2n) is 6.56. The van der Waals surface area contributed by atoms with E-state index in [-0.39, 0.29) is 18.1 Å². The highest BCUT2D eigenvalue weighted by Gasteiger charge is 2.10. The van der Waals surface area contributed by atoms with Gasteiger partial charge in [-0.05, 0) is 36.2 Å². The van der Waals surface area contributed by atoms with Gasteiger partial charge in [-0.1, -0.05) is 30.3 Å². The van der Waals surface area contributed by atoms with Crippen molar-refractivity contribution in [3.63, 3.8) is 0 Å². The third kappa shape index (κ3) is 4.94. The van der Waals surface area contributed by atoms with Crippen LogP contribution >= 0.6 is 11.3 Å². The summed E-state index contributed by atoms with van der Waals surface area (Å²) < 4.78 is 15.2. The standard InChI is InChI=1S/C22H19FN4OS/c23-18-6-4-5-17(11-18)22-26-19(15-29-22)12-21(28)24-10-9-16-13-25-27(14-16)20-7-2-1-3-8-20/h1-8,11,13-15H,9-10,12H2,(H,24,28). The molecule has 2 aromatic carbocycles. The summed E-state index contributed by atoms with van der Waals surface area (Å²) in [5.74, 6) is -0.385. The van der Waals surface area contributed by atoms with Crippen LogP contribution in [0.25, 0.3) is 16.3 Å². The minimum atomic E-state index is -0.299. The zero-order valence-corrected chi connectivity index (χ0v) is 16.4. The van der Waals surface area contributed by atoms with Crippen molar-refractivity contribution < 1.29 is 9.18 Å². The maximum Gasteiger partial charge on any atom is 0.226 e. The first-order valence-corrected chi connectivity index (χ1v) is 10.1. The molecule has 2 aromatic heterocycles. The van der Waals surface area contributed by atoms with Crippen LogP contribution in [0.3, 0.4) is 0 Å². The van der Waals surface area contributed by atoms with Gasteiger partial charge in [-0.3, -0.25) is 4.79 Å². The van der Waals surface area contributed by atoms with Gasteiger partial charge < -0.3 is 5.32 Å². The van der Waals surface area contributed by atoms with Gasteiger partial charge in [-0.15, -0.1) is 11.3 Å². The fourth-order valence-electron chi connectivity index (χ4n) is 2.93. The van der Waals surface area contributed by atoms with Crippen LogP contribution < -0.4 is 5.32 Å². The molecule has 4 aromatic rings. The van der Waals surface area contributed by atoms with E-state index in [1.807, 2.05) is 52.8 Å². The molecule has 0 radical (unpaired) electrons. The summed E-state index contributed by atoms with van der Waals surface area (Å²) in [6, 6.07) is 16.2. The lowest BCUT2D eigenvalue weighted by molar-refractivity contribution is -0.120. The monoisotopic (exact) mass is 406 g/mol. The molecule has 0 saturated heterocycles. The summed E-state index contributed by atoms with van der Waals surface area (Å²) in [6.45, 7) is 0.528. The van der Waals surface area contributed by atoms with Gasteiger partial charge in [0.2, 0.25) is 5.91 Å². The van der Waals surface area contributed by atoms with Crippen molar-refractivity contribution in [1.29, 1.82) is 0 Å². The summed E-state index contributed by atoms with van der Waals surface area (Å²) in [5, 5.41) is 9.82. The van der Waals surface area contributed by atoms with Crippen LogP contribution in [0.15, 0.2) is 72.4 Å². The average Bonchev–Trinajstić information content (AvgIpc) is 3.39. The summed E-state index contributed by atoms with van der Waals surface area (Å²) in [7, 11) is 0. The molecule has 0 saturated carbocycles. The molecule has 29 heavy (non-hydrogen) atoms. The second-order valence-corrected chi connectivity index (χ2v) is 7.42. The van der Waals surface area contributed by atoms with E-state index in [1.165, 1.54) is 23.5 Å². The van der Waals surface area contributed by atoms with Gasteiger partial charge in [0.25, 0.3) is 0 Å². The minimum Gasteiger partial charge on any atom is -0.355 e. The summed E-state index contributed by atoms with van der Waals surface area (Å²) in [5.41, 5.74) is 3.46. The molecular weight excluding hydrogens is 387 g/mol. The fraction of sp³-hybridized carbons (Fsp3) is 0.136. The summed E-state index contributed by atoms with van der Waals surface area (Å²) in [4.78, 5) is 16.6. The largest absolute Gasteiger partial charge is 0.355 e. The van der Waals surface area contributed by atoms with Crippen LogP contribution in [0.1, 0.15) is 11.3 Å². The number of amides is 1. The number of benzene rings is 2. The van der Waals surface area contributed by atoms with Crippen LogP contribution in [-0.2, 0) is 17.6 Å². The highest BCUT2D eigenvalue weighted by Crippen LogP contribution is 2.24. The zero-order valence-electron chi connectivity index (χ0n) is 15.6. The molecule has 2 heterocycles. The molecule has 0 aliphatic rings. The molecule has 1 N–H and O–H groups in total. The SMILES string of the molecule is O=C(Cc1csc(-c2cccc(F)c2)n1)NCCc1cnn(-c2ccccc2)c1. The number of halogens is 1. The molecule has 7 heteroatoms. The third-order valence-electron chi connectivity index (χ3n) is 4.36. The Hall–Kier alpha value is -3.32. The number of hydrogen-bond acceptors (Lipinski definition) is 4. The predicted octanol–water partition coefficient (Wildman–Crippen LogP) is 4.04. The minimum absolute atomic E-state index is 0.0865. The molecule has 0 unspecified atom stereocenters. The Morgan fingerprint density at radius 1 is 1.14 bits per heavy atom. The Labute approximate surface area is 171 Å². The molecule has 0 aliphatic carbocycles. The van der Waals surface area contributed by atoms with Crippen molar-refractivity contribution in [1.82, 2.24) is 20.1 Å². The smallest absolute Gasteiger partial charge is 0.226 e. The van der Waals surface area contributed by atoms with Gasteiger partial charge in [-0.25, -0.2) is 14.1 Å². The maximum absolute atomic E-state index is 13.4. The number of thiazole rings is 1. The van der Waals surface area contributed by atoms with Crippen molar-refractivity contribution in [3.05, 3.63) is 89.4 Å². The van der Waals surface area contributed by atoms with E-state index in [0.717, 1.165) is 16.8 Å². The van der Waals surface area contributed by atoms with E-state index in [2.05, 4.69) is 15.4 Å². The molecule has 146 valence electrons. The van der Waals surface area contributed by atoms with Crippen molar-refractivity contribution in [2.45, 2.75) is 12.8 Å². The van der Waals surface area contributed by atoms with Gasteiger partial charge in [0.15, 0.2) is 0 Å². The molecule has 0 spiro atoms. The zero-order chi connectivity index (χ0) is 20.1. The number of para-hydroxylation sites is 1. The number of carbonyl (C=O) groups is 1. The third-order valence-corrected chi connectivity index (χ3v) is 5.30. The number of carbonyl (C=O) groups excluding carboxylic acids is 1. The first-order chi connectivity index (χ1) is 14.2. The first-order valence-electron chi connectivity index (χ1n) is 9.23. The normalized spacial score (nSPS) is 10.8. The molecular formula is C22H19FN4OS. The predicted molar refractivity (Wildman–Crippen MR) is 111 cm³/mol. The van der Waals surface area contributed by atoms with Gasteiger partial charge in [0.1, 0.15) is 10.8 Å². The van der Waals surface area contributed by atoms with Crippen LogP contribution in [0.2, 0.25) is 0 Å². The van der Waals surface area contributed by atoms with Crippen LogP contribution in [0.4, 0.5) is 4.39 Å². The van der Waals surface area contributed by atoms with Crippen molar-refractivity contribution >= 4 is 17.2 Å². The Bertz CT molecular complexity index is 1110. The lowest BCUT2D eigenvalue weighted by Gasteiger charge is -2.03. The van der Waals surface area contributed by atoms with E-state index in [9.17, 15) is 9.18 Å². The van der Waals surface area contributed by atoms with E-state index >= 15 is 0 Å². The van der Waals surface area contributed by atoms with E-state index in [1.54, 1.807) is 12.1 Å². The topological polar surface area (TPSA) is 59.8 Å². The van der Waals surface area contributed by atoms with Crippen LogP contribution in [-0.4, -0.2) is 27.2 Å². The summed E-state index contributed by atoms with van der Waals surface area (Å²) in [6.07, 6.45) is 4.68. The number of aromatic nitrogens is 3. The molecule has 0 fully saturated rings. The van der Waals surface area contributed by atoms with Gasteiger partial charge in [-0.2, -0.15) is 5.10 Å². The Balaban J connectivity index is 1.27. The lowest BCUT2D eigenvalue weighted by atomic mass is 10.2. The molecule has 4 rings (SSSR count). The molecule has 0 aliphatic heterocycles. The number of nitrogens with one attached hydrogen (secondary N) is 1. The van der Waals surface area contributed by atoms with E-state index in [0.29, 0.717) is 23.7 Å². The molecule has 0 bridgehead atoms. The van der Waals surface area contributed by atoms with Crippen molar-refractivity contribution in [2.75, 3.05) is 6.54 Å². The second kappa shape index (κ2) is 8.79. The molecule has 5 nitrogen and oxygen atoms in total. The van der Waals surface area contributed by atoms with Crippen molar-refractivity contribution in [3.8, 4) is 16.3 Å². The number of hydrogen-bond donors (Lipinski definition) is 1. The quantitative estimate of drug-likeness (QED) is 0.504. The van der Waals surface area contributed by atoms with E-state index < -0.39 is 0 Å². The van der Waals surface area contributed by atoms with E-state index in [4.69, 9.17) is 0 Å². The number of nitrogens with zero attached hydrogens (tertiary/aromatic N) is 3. The Kier molecular flexibility index (Phi) is 5.76. The van der Waals surface area contributed by atoms with Crippen molar-refractivity contribution in [2.24, 2.45) is 0 Å². The van der Waals surface area contributed by atoms with Crippen LogP contribution in [0, 0.1) is 5.82 Å². The highest BCUT2D eigenvalue weighted by atomic mass is 32.1. The fourth-order valence-corrected chi connectivity index (χ4v) is 3.74. The highest BCUT2D eigenvalue weighted by molar-refractivity contribution is 7.13.